The third-order valence-electron chi connectivity index (χ3n) is 5.76. The summed E-state index contributed by atoms with van der Waals surface area (Å²) in [6.45, 7) is 0.409. The van der Waals surface area contributed by atoms with Gasteiger partial charge in [0.25, 0.3) is 5.79 Å². The Morgan fingerprint density at radius 2 is 1.60 bits per heavy atom. The van der Waals surface area contributed by atoms with Crippen molar-refractivity contribution in [2.75, 3.05) is 13.2 Å². The minimum atomic E-state index is -2.71. The first kappa shape index (κ1) is 29.2. The standard InChI is InChI=1S/C19H32N2O14/c1-6(23)20-11-8(25)3-19(18(31)32,35-16(11)13(27)9(26)4-22)33-5-10-14(28)15(29)12(17(30)34-10)21-7(2)24/h8-17,22,25-30H,3-5H2,1-2H3,(H,20,23)(H,21,24)(H,31,32)/t8-,9+,10+,11+,12+,13+,14-,15+,16+,17?,19-/m0/s1. The molecular formula is C19H32N2O14. The van der Waals surface area contributed by atoms with Crippen LogP contribution in [0.1, 0.15) is 20.3 Å². The van der Waals surface area contributed by atoms with Gasteiger partial charge in [-0.3, -0.25) is 9.59 Å². The van der Waals surface area contributed by atoms with Crippen molar-refractivity contribution < 1.29 is 69.4 Å². The molecule has 2 fully saturated rings. The van der Waals surface area contributed by atoms with Gasteiger partial charge in [-0.2, -0.15) is 0 Å². The molecule has 202 valence electrons. The monoisotopic (exact) mass is 512 g/mol. The van der Waals surface area contributed by atoms with E-state index in [0.29, 0.717) is 0 Å². The fourth-order valence-electron chi connectivity index (χ4n) is 3.97. The van der Waals surface area contributed by atoms with Crippen LogP contribution in [0.4, 0.5) is 0 Å². The zero-order chi connectivity index (χ0) is 26.7. The molecule has 0 aromatic carbocycles. The Labute approximate surface area is 199 Å². The number of aliphatic carboxylic acids is 1. The van der Waals surface area contributed by atoms with Gasteiger partial charge in [0, 0.05) is 20.3 Å². The molecule has 2 heterocycles. The van der Waals surface area contributed by atoms with E-state index in [0.717, 1.165) is 13.8 Å². The molecule has 2 aliphatic heterocycles. The molecule has 16 heteroatoms. The van der Waals surface area contributed by atoms with Crippen molar-refractivity contribution in [3.05, 3.63) is 0 Å². The third-order valence-corrected chi connectivity index (χ3v) is 5.76. The largest absolute Gasteiger partial charge is 0.477 e. The lowest BCUT2D eigenvalue weighted by molar-refractivity contribution is -0.328. The molecule has 10 N–H and O–H groups in total. The van der Waals surface area contributed by atoms with Gasteiger partial charge in [-0.05, 0) is 0 Å². The van der Waals surface area contributed by atoms with Crippen LogP contribution in [0, 0.1) is 0 Å². The fourth-order valence-corrected chi connectivity index (χ4v) is 3.97. The van der Waals surface area contributed by atoms with Crippen LogP contribution < -0.4 is 10.6 Å². The lowest BCUT2D eigenvalue weighted by Crippen LogP contribution is -2.68. The number of hydrogen-bond donors (Lipinski definition) is 10. The number of carbonyl (C=O) groups excluding carboxylic acids is 2. The predicted octanol–water partition coefficient (Wildman–Crippen LogP) is -5.90. The van der Waals surface area contributed by atoms with Crippen LogP contribution >= 0.6 is 0 Å². The Balaban J connectivity index is 2.25. The minimum absolute atomic E-state index is 0.628. The lowest BCUT2D eigenvalue weighted by Gasteiger charge is -2.47. The van der Waals surface area contributed by atoms with Crippen molar-refractivity contribution in [2.45, 2.75) is 87.2 Å². The molecule has 0 saturated carbocycles. The predicted molar refractivity (Wildman–Crippen MR) is 109 cm³/mol. The molecule has 2 rings (SSSR count). The van der Waals surface area contributed by atoms with Crippen molar-refractivity contribution in [1.82, 2.24) is 10.6 Å². The van der Waals surface area contributed by atoms with E-state index in [1.54, 1.807) is 0 Å². The van der Waals surface area contributed by atoms with E-state index in [2.05, 4.69) is 10.6 Å². The number of rotatable bonds is 9. The average molecular weight is 512 g/mol. The summed E-state index contributed by atoms with van der Waals surface area (Å²) >= 11 is 0. The van der Waals surface area contributed by atoms with Gasteiger partial charge in [0.05, 0.1) is 25.4 Å². The van der Waals surface area contributed by atoms with Crippen LogP contribution in [-0.4, -0.2) is 139 Å². The maximum Gasteiger partial charge on any atom is 0.364 e. The Bertz CT molecular complexity index is 770. The molecule has 16 nitrogen and oxygen atoms in total. The van der Waals surface area contributed by atoms with Crippen molar-refractivity contribution in [2.24, 2.45) is 0 Å². The smallest absolute Gasteiger partial charge is 0.364 e. The Morgan fingerprint density at radius 1 is 1.03 bits per heavy atom. The molecule has 0 radical (unpaired) electrons. The zero-order valence-electron chi connectivity index (χ0n) is 18.9. The van der Waals surface area contributed by atoms with E-state index in [4.69, 9.17) is 19.3 Å². The van der Waals surface area contributed by atoms with Crippen LogP contribution in [0.5, 0.6) is 0 Å². The summed E-state index contributed by atoms with van der Waals surface area (Å²) in [6, 6.07) is -2.80. The number of aliphatic hydroxyl groups is 7. The van der Waals surface area contributed by atoms with E-state index in [9.17, 15) is 50.1 Å². The van der Waals surface area contributed by atoms with Gasteiger partial charge in [-0.15, -0.1) is 0 Å². The number of nitrogens with one attached hydrogen (secondary N) is 2. The van der Waals surface area contributed by atoms with Crippen LogP contribution in [0.3, 0.4) is 0 Å². The molecule has 0 aromatic rings. The molecular weight excluding hydrogens is 480 g/mol. The molecule has 2 aliphatic rings. The van der Waals surface area contributed by atoms with E-state index in [1.165, 1.54) is 0 Å². The molecule has 2 amide bonds. The first-order valence-electron chi connectivity index (χ1n) is 10.7. The van der Waals surface area contributed by atoms with Crippen LogP contribution in [-0.2, 0) is 28.6 Å². The first-order valence-corrected chi connectivity index (χ1v) is 10.7. The van der Waals surface area contributed by atoms with E-state index >= 15 is 0 Å². The number of carbonyl (C=O) groups is 3. The molecule has 2 saturated heterocycles. The topological polar surface area (TPSA) is 265 Å². The Hall–Kier alpha value is -1.99. The quantitative estimate of drug-likeness (QED) is 0.138. The van der Waals surface area contributed by atoms with Gasteiger partial charge >= 0.3 is 5.97 Å². The highest BCUT2D eigenvalue weighted by atomic mass is 16.7. The first-order chi connectivity index (χ1) is 16.2. The van der Waals surface area contributed by atoms with Gasteiger partial charge < -0.3 is 65.7 Å². The van der Waals surface area contributed by atoms with Gasteiger partial charge in [-0.25, -0.2) is 4.79 Å². The summed E-state index contributed by atoms with van der Waals surface area (Å²) in [5.41, 5.74) is 0. The van der Waals surface area contributed by atoms with E-state index < -0.39 is 104 Å². The number of aliphatic hydroxyl groups excluding tert-OH is 7. The summed E-state index contributed by atoms with van der Waals surface area (Å²) < 4.78 is 15.9. The number of carboxylic acids is 1. The molecule has 1 unspecified atom stereocenters. The zero-order valence-corrected chi connectivity index (χ0v) is 18.9. The second-order valence-electron chi connectivity index (χ2n) is 8.46. The van der Waals surface area contributed by atoms with E-state index in [1.807, 2.05) is 0 Å². The van der Waals surface area contributed by atoms with Crippen molar-refractivity contribution in [3.8, 4) is 0 Å². The van der Waals surface area contributed by atoms with Gasteiger partial charge in [0.2, 0.25) is 11.8 Å². The maximum atomic E-state index is 12.1. The Kier molecular flexibility index (Phi) is 9.88. The fraction of sp³-hybridized carbons (Fsp3) is 0.842. The Morgan fingerprint density at radius 3 is 2.11 bits per heavy atom. The van der Waals surface area contributed by atoms with Crippen molar-refractivity contribution in [1.29, 1.82) is 0 Å². The highest BCUT2D eigenvalue weighted by Gasteiger charge is 2.56. The summed E-state index contributed by atoms with van der Waals surface area (Å²) in [5.74, 6) is -5.80. The van der Waals surface area contributed by atoms with Crippen molar-refractivity contribution in [3.63, 3.8) is 0 Å². The molecule has 35 heavy (non-hydrogen) atoms. The normalized spacial score (nSPS) is 39.3. The number of hydrogen-bond acceptors (Lipinski definition) is 13. The molecule has 0 aliphatic carbocycles. The van der Waals surface area contributed by atoms with Crippen molar-refractivity contribution >= 4 is 17.8 Å². The van der Waals surface area contributed by atoms with Gasteiger partial charge in [-0.1, -0.05) is 0 Å². The van der Waals surface area contributed by atoms with Gasteiger partial charge in [0.1, 0.15) is 42.7 Å². The maximum absolute atomic E-state index is 12.1. The molecule has 11 atom stereocenters. The van der Waals surface area contributed by atoms with Crippen LogP contribution in [0.25, 0.3) is 0 Å². The van der Waals surface area contributed by atoms with Crippen LogP contribution in [0.2, 0.25) is 0 Å². The average Bonchev–Trinajstić information content (AvgIpc) is 2.78. The molecule has 0 aromatic heterocycles. The molecule has 0 bridgehead atoms. The number of ether oxygens (including phenoxy) is 3. The number of carboxylic acid groups (broad SMARTS) is 1. The number of amides is 2. The summed E-state index contributed by atoms with van der Waals surface area (Å²) in [6.07, 6.45) is -14.9. The third kappa shape index (κ3) is 6.62. The summed E-state index contributed by atoms with van der Waals surface area (Å²) in [5, 5.41) is 84.9. The second-order valence-corrected chi connectivity index (χ2v) is 8.46. The van der Waals surface area contributed by atoms with Gasteiger partial charge in [0.15, 0.2) is 6.29 Å². The van der Waals surface area contributed by atoms with E-state index in [-0.39, 0.29) is 0 Å². The molecule has 0 spiro atoms. The van der Waals surface area contributed by atoms with Crippen LogP contribution in [0.15, 0.2) is 0 Å². The minimum Gasteiger partial charge on any atom is -0.477 e. The second kappa shape index (κ2) is 11.8. The summed E-state index contributed by atoms with van der Waals surface area (Å²) in [4.78, 5) is 34.9. The highest BCUT2D eigenvalue weighted by Crippen LogP contribution is 2.34. The highest BCUT2D eigenvalue weighted by molar-refractivity contribution is 5.76. The SMILES string of the molecule is CC(=O)N[C@H]1[C@H]([C@H](O)[C@H](O)CO)O[C@](OC[C@H]2OC(O)[C@H](NC(C)=O)[C@@H](O)[C@H]2O)(C(=O)O)C[C@@H]1O. The lowest BCUT2D eigenvalue weighted by atomic mass is 9.88. The summed E-state index contributed by atoms with van der Waals surface area (Å²) in [7, 11) is 0.